The van der Waals surface area contributed by atoms with Crippen molar-refractivity contribution in [3.63, 3.8) is 0 Å². The first-order valence-corrected chi connectivity index (χ1v) is 8.37. The number of pyridine rings is 1. The number of anilines is 1. The number of hydrogen-bond acceptors (Lipinski definition) is 7. The second-order valence-electron chi connectivity index (χ2n) is 5.53. The minimum Gasteiger partial charge on any atom is -0.449 e. The first-order chi connectivity index (χ1) is 12.4. The molecule has 0 amide bonds. The minimum absolute atomic E-state index is 0.0843. The SMILES string of the molecule is Cc1ccc(-c2noc([C@@H](C)OC(=O)c3ccnc(Br)c3N)n2)cc1F. The molecule has 0 unspecified atom stereocenters. The zero-order valence-electron chi connectivity index (χ0n) is 13.9. The number of rotatable bonds is 4. The molecule has 0 aliphatic heterocycles. The summed E-state index contributed by atoms with van der Waals surface area (Å²) in [7, 11) is 0. The molecule has 2 heterocycles. The van der Waals surface area contributed by atoms with E-state index < -0.39 is 12.1 Å². The zero-order valence-corrected chi connectivity index (χ0v) is 15.4. The summed E-state index contributed by atoms with van der Waals surface area (Å²) in [5.41, 5.74) is 7.12. The van der Waals surface area contributed by atoms with Crippen LogP contribution in [0.4, 0.5) is 10.1 Å². The summed E-state index contributed by atoms with van der Waals surface area (Å²) in [5.74, 6) is -0.736. The van der Waals surface area contributed by atoms with Crippen molar-refractivity contribution in [2.24, 2.45) is 0 Å². The quantitative estimate of drug-likeness (QED) is 0.504. The minimum atomic E-state index is -0.814. The van der Waals surface area contributed by atoms with Crippen molar-refractivity contribution in [3.05, 3.63) is 57.9 Å². The Hall–Kier alpha value is -2.81. The Morgan fingerprint density at radius 1 is 1.38 bits per heavy atom. The van der Waals surface area contributed by atoms with Crippen molar-refractivity contribution < 1.29 is 18.4 Å². The van der Waals surface area contributed by atoms with Gasteiger partial charge in [0.25, 0.3) is 5.89 Å². The molecule has 0 fully saturated rings. The molecule has 1 aromatic carbocycles. The maximum Gasteiger partial charge on any atom is 0.341 e. The van der Waals surface area contributed by atoms with E-state index in [1.165, 1.54) is 18.3 Å². The van der Waals surface area contributed by atoms with Crippen LogP contribution in [0.2, 0.25) is 0 Å². The number of nitrogens with zero attached hydrogens (tertiary/aromatic N) is 3. The maximum absolute atomic E-state index is 13.7. The smallest absolute Gasteiger partial charge is 0.341 e. The Kier molecular flexibility index (Phi) is 4.99. The van der Waals surface area contributed by atoms with E-state index in [0.717, 1.165) is 0 Å². The summed E-state index contributed by atoms with van der Waals surface area (Å²) in [6.07, 6.45) is 0.615. The molecule has 0 bridgehead atoms. The second-order valence-corrected chi connectivity index (χ2v) is 6.28. The van der Waals surface area contributed by atoms with Gasteiger partial charge in [-0.2, -0.15) is 4.98 Å². The fourth-order valence-corrected chi connectivity index (χ4v) is 2.48. The number of nitrogens with two attached hydrogens (primary N) is 1. The van der Waals surface area contributed by atoms with Crippen molar-refractivity contribution >= 4 is 27.6 Å². The van der Waals surface area contributed by atoms with E-state index in [1.54, 1.807) is 26.0 Å². The fourth-order valence-electron chi connectivity index (χ4n) is 2.15. The van der Waals surface area contributed by atoms with Crippen LogP contribution in [0.25, 0.3) is 11.4 Å². The van der Waals surface area contributed by atoms with E-state index in [1.807, 2.05) is 0 Å². The van der Waals surface area contributed by atoms with Gasteiger partial charge in [0.1, 0.15) is 10.4 Å². The largest absolute Gasteiger partial charge is 0.449 e. The lowest BCUT2D eigenvalue weighted by Crippen LogP contribution is -2.12. The summed E-state index contributed by atoms with van der Waals surface area (Å²) >= 11 is 3.15. The fraction of sp³-hybridized carbons (Fsp3) is 0.176. The number of carbonyl (C=O) groups excluding carboxylic acids is 1. The highest BCUT2D eigenvalue weighted by Crippen LogP contribution is 2.25. The standard InChI is InChI=1S/C17H14BrFN4O3/c1-8-3-4-10(7-12(8)19)15-22-16(26-23-15)9(2)25-17(24)11-5-6-21-14(18)13(11)20/h3-7,9H,20H2,1-2H3/t9-/m1/s1. The summed E-state index contributed by atoms with van der Waals surface area (Å²) in [4.78, 5) is 20.4. The van der Waals surface area contributed by atoms with E-state index >= 15 is 0 Å². The molecule has 0 aliphatic carbocycles. The van der Waals surface area contributed by atoms with Crippen LogP contribution in [0.3, 0.4) is 0 Å². The van der Waals surface area contributed by atoms with Crippen molar-refractivity contribution in [2.75, 3.05) is 5.73 Å². The molecule has 3 aromatic rings. The van der Waals surface area contributed by atoms with Gasteiger partial charge in [-0.25, -0.2) is 14.2 Å². The Morgan fingerprint density at radius 2 is 2.15 bits per heavy atom. The third kappa shape index (κ3) is 3.57. The molecule has 3 rings (SSSR count). The number of hydrogen-bond donors (Lipinski definition) is 1. The number of benzene rings is 1. The number of aromatic nitrogens is 3. The number of carbonyl (C=O) groups is 1. The van der Waals surface area contributed by atoms with Crippen LogP contribution in [0.15, 0.2) is 39.6 Å². The molecule has 0 saturated carbocycles. The van der Waals surface area contributed by atoms with E-state index in [-0.39, 0.29) is 28.8 Å². The molecule has 0 saturated heterocycles. The summed E-state index contributed by atoms with van der Waals surface area (Å²) < 4.78 is 24.5. The number of aryl methyl sites for hydroxylation is 1. The first kappa shape index (κ1) is 18.0. The molecule has 26 heavy (non-hydrogen) atoms. The lowest BCUT2D eigenvalue weighted by atomic mass is 10.1. The number of esters is 1. The van der Waals surface area contributed by atoms with E-state index in [9.17, 15) is 9.18 Å². The van der Waals surface area contributed by atoms with Crippen LogP contribution in [0, 0.1) is 12.7 Å². The number of halogens is 2. The van der Waals surface area contributed by atoms with Crippen LogP contribution >= 0.6 is 15.9 Å². The molecule has 1 atom stereocenters. The number of nitrogen functional groups attached to an aromatic ring is 1. The van der Waals surface area contributed by atoms with Crippen molar-refractivity contribution in [1.29, 1.82) is 0 Å². The molecule has 0 spiro atoms. The van der Waals surface area contributed by atoms with Crippen LogP contribution in [-0.2, 0) is 4.74 Å². The zero-order chi connectivity index (χ0) is 18.8. The lowest BCUT2D eigenvalue weighted by Gasteiger charge is -2.10. The van der Waals surface area contributed by atoms with E-state index in [0.29, 0.717) is 15.7 Å². The van der Waals surface area contributed by atoms with Gasteiger partial charge in [-0.05, 0) is 47.5 Å². The molecular weight excluding hydrogens is 407 g/mol. The third-order valence-electron chi connectivity index (χ3n) is 3.66. The highest BCUT2D eigenvalue weighted by molar-refractivity contribution is 9.10. The Balaban J connectivity index is 1.77. The van der Waals surface area contributed by atoms with Gasteiger partial charge in [-0.15, -0.1) is 0 Å². The van der Waals surface area contributed by atoms with Gasteiger partial charge in [0.05, 0.1) is 11.3 Å². The van der Waals surface area contributed by atoms with Crippen LogP contribution in [0.1, 0.15) is 34.8 Å². The molecule has 0 aliphatic rings. The molecule has 2 aromatic heterocycles. The molecule has 134 valence electrons. The highest BCUT2D eigenvalue weighted by Gasteiger charge is 2.22. The Labute approximate surface area is 156 Å². The Bertz CT molecular complexity index is 976. The van der Waals surface area contributed by atoms with Crippen LogP contribution in [-0.4, -0.2) is 21.1 Å². The van der Waals surface area contributed by atoms with E-state index in [2.05, 4.69) is 31.1 Å². The average Bonchev–Trinajstić information content (AvgIpc) is 3.10. The molecule has 0 radical (unpaired) electrons. The summed E-state index contributed by atoms with van der Waals surface area (Å²) in [6.45, 7) is 3.24. The van der Waals surface area contributed by atoms with Gasteiger partial charge >= 0.3 is 5.97 Å². The van der Waals surface area contributed by atoms with Gasteiger partial charge in [0.2, 0.25) is 5.82 Å². The number of ether oxygens (including phenoxy) is 1. The van der Waals surface area contributed by atoms with Gasteiger partial charge in [0, 0.05) is 11.8 Å². The van der Waals surface area contributed by atoms with Gasteiger partial charge in [-0.3, -0.25) is 0 Å². The van der Waals surface area contributed by atoms with Gasteiger partial charge in [-0.1, -0.05) is 17.3 Å². The molecular formula is C17H14BrFN4O3. The highest BCUT2D eigenvalue weighted by atomic mass is 79.9. The Morgan fingerprint density at radius 3 is 2.88 bits per heavy atom. The second kappa shape index (κ2) is 7.20. The monoisotopic (exact) mass is 420 g/mol. The lowest BCUT2D eigenvalue weighted by molar-refractivity contribution is 0.0266. The third-order valence-corrected chi connectivity index (χ3v) is 4.30. The average molecular weight is 421 g/mol. The molecule has 2 N–H and O–H groups in total. The van der Waals surface area contributed by atoms with Crippen LogP contribution < -0.4 is 5.73 Å². The van der Waals surface area contributed by atoms with Crippen molar-refractivity contribution in [3.8, 4) is 11.4 Å². The van der Waals surface area contributed by atoms with E-state index in [4.69, 9.17) is 15.0 Å². The van der Waals surface area contributed by atoms with Crippen molar-refractivity contribution in [1.82, 2.24) is 15.1 Å². The maximum atomic E-state index is 13.7. The topological polar surface area (TPSA) is 104 Å². The first-order valence-electron chi connectivity index (χ1n) is 7.58. The summed E-state index contributed by atoms with van der Waals surface area (Å²) in [6, 6.07) is 6.06. The van der Waals surface area contributed by atoms with Crippen LogP contribution in [0.5, 0.6) is 0 Å². The predicted molar refractivity (Wildman–Crippen MR) is 94.6 cm³/mol. The summed E-state index contributed by atoms with van der Waals surface area (Å²) in [5, 5.41) is 3.80. The van der Waals surface area contributed by atoms with Gasteiger partial charge < -0.3 is 15.0 Å². The normalized spacial score (nSPS) is 12.0. The van der Waals surface area contributed by atoms with Gasteiger partial charge in [0.15, 0.2) is 6.10 Å². The van der Waals surface area contributed by atoms with Crippen molar-refractivity contribution in [2.45, 2.75) is 20.0 Å². The molecule has 9 heteroatoms. The molecule has 7 nitrogen and oxygen atoms in total. The predicted octanol–water partition coefficient (Wildman–Crippen LogP) is 3.84.